The first-order valence-electron chi connectivity index (χ1n) is 16.8. The van der Waals surface area contributed by atoms with Crippen LogP contribution in [0.2, 0.25) is 0 Å². The van der Waals surface area contributed by atoms with E-state index in [9.17, 15) is 48.8 Å². The maximum absolute atomic E-state index is 12.1. The van der Waals surface area contributed by atoms with Gasteiger partial charge in [0.05, 0.1) is 49.5 Å². The lowest BCUT2D eigenvalue weighted by Gasteiger charge is -2.09. The highest BCUT2D eigenvalue weighted by molar-refractivity contribution is 7.86. The standard InChI is InChI=1S/C38H27N7O11S3/c39-37(47)17-21-1-4-23(5-2-21)40-41-34-14-12-32(28-10-7-25(19-30(28)34)58(51,52)53)42-43-33-13-15-35(31-20-26(59(54,55)56)8-11-29(31)33)44-45-38-27-9-6-24(57(48,49)50)18-22(27)3-16-36(38)46/h1-16,18-20,46H,17H2,(H2,39,47)(H,48,49,50)(H,51,52,53)(H,54,55,56). The number of fused-ring (bicyclic) bond motifs is 3. The van der Waals surface area contributed by atoms with Crippen molar-refractivity contribution in [2.45, 2.75) is 21.1 Å². The molecule has 18 nitrogen and oxygen atoms in total. The van der Waals surface area contributed by atoms with Crippen molar-refractivity contribution >= 4 is 103 Å². The molecule has 6 N–H and O–H groups in total. The van der Waals surface area contributed by atoms with Crippen molar-refractivity contribution in [1.82, 2.24) is 0 Å². The number of phenols is 1. The number of hydrogen-bond donors (Lipinski definition) is 5. The van der Waals surface area contributed by atoms with Crippen LogP contribution in [0.5, 0.6) is 5.75 Å². The summed E-state index contributed by atoms with van der Waals surface area (Å²) < 4.78 is 101. The third kappa shape index (κ3) is 8.84. The molecular weight excluding hydrogens is 827 g/mol. The number of benzene rings is 7. The number of rotatable bonds is 11. The van der Waals surface area contributed by atoms with Crippen LogP contribution in [0.15, 0.2) is 161 Å². The maximum Gasteiger partial charge on any atom is 0.294 e. The molecule has 0 aliphatic carbocycles. The Labute approximate surface area is 334 Å². The highest BCUT2D eigenvalue weighted by Gasteiger charge is 2.17. The van der Waals surface area contributed by atoms with E-state index in [1.54, 1.807) is 30.3 Å². The second-order valence-electron chi connectivity index (χ2n) is 12.8. The molecule has 0 aliphatic rings. The SMILES string of the molecule is NC(=O)Cc1ccc(N=Nc2ccc(N=Nc3ccc(N=Nc4c(O)ccc5cc(S(=O)(=O)O)ccc45)c4cc(S(=O)(=O)O)ccc34)c3ccc(S(=O)(=O)O)cc23)cc1. The molecule has 0 saturated heterocycles. The van der Waals surface area contributed by atoms with Gasteiger partial charge in [0.1, 0.15) is 11.4 Å². The second-order valence-corrected chi connectivity index (χ2v) is 17.0. The van der Waals surface area contributed by atoms with Crippen LogP contribution >= 0.6 is 0 Å². The summed E-state index contributed by atoms with van der Waals surface area (Å²) in [7, 11) is -13.9. The Balaban J connectivity index is 1.30. The minimum Gasteiger partial charge on any atom is -0.506 e. The fourth-order valence-electron chi connectivity index (χ4n) is 6.01. The van der Waals surface area contributed by atoms with Crippen LogP contribution in [0, 0.1) is 0 Å². The second kappa shape index (κ2) is 15.5. The Hall–Kier alpha value is -6.88. The molecule has 0 aromatic heterocycles. The van der Waals surface area contributed by atoms with Crippen LogP contribution in [0.1, 0.15) is 5.56 Å². The summed E-state index contributed by atoms with van der Waals surface area (Å²) in [6.45, 7) is 0. The first-order chi connectivity index (χ1) is 27.8. The largest absolute Gasteiger partial charge is 0.506 e. The molecule has 7 aromatic carbocycles. The minimum atomic E-state index is -4.70. The van der Waals surface area contributed by atoms with E-state index in [0.29, 0.717) is 27.4 Å². The Bertz CT molecular complexity index is 3320. The van der Waals surface area contributed by atoms with Crippen molar-refractivity contribution in [3.8, 4) is 5.75 Å². The normalized spacial score (nSPS) is 12.8. The molecule has 0 bridgehead atoms. The van der Waals surface area contributed by atoms with Gasteiger partial charge in [0.15, 0.2) is 0 Å². The molecule has 0 atom stereocenters. The Morgan fingerprint density at radius 3 is 1.37 bits per heavy atom. The molecule has 7 rings (SSSR count). The quantitative estimate of drug-likeness (QED) is 0.0604. The van der Waals surface area contributed by atoms with Gasteiger partial charge in [0, 0.05) is 26.9 Å². The molecule has 0 unspecified atom stereocenters. The summed E-state index contributed by atoms with van der Waals surface area (Å²) in [6, 6.07) is 26.2. The zero-order chi connectivity index (χ0) is 42.3. The number of aromatic hydroxyl groups is 1. The number of nitrogens with two attached hydrogens (primary N) is 1. The van der Waals surface area contributed by atoms with Crippen molar-refractivity contribution in [3.63, 3.8) is 0 Å². The molecule has 21 heteroatoms. The van der Waals surface area contributed by atoms with Crippen molar-refractivity contribution in [1.29, 1.82) is 0 Å². The van der Waals surface area contributed by atoms with E-state index < -0.39 is 46.1 Å². The van der Waals surface area contributed by atoms with Gasteiger partial charge >= 0.3 is 0 Å². The van der Waals surface area contributed by atoms with Crippen LogP contribution in [0.3, 0.4) is 0 Å². The van der Waals surface area contributed by atoms with Gasteiger partial charge in [-0.3, -0.25) is 18.5 Å². The number of amides is 1. The van der Waals surface area contributed by atoms with Crippen LogP contribution in [-0.4, -0.2) is 49.9 Å². The Kier molecular flexibility index (Phi) is 10.6. The third-order valence-electron chi connectivity index (χ3n) is 8.83. The number of carbonyl (C=O) groups is 1. The fourth-order valence-corrected chi connectivity index (χ4v) is 7.54. The lowest BCUT2D eigenvalue weighted by Crippen LogP contribution is -2.13. The number of azo groups is 3. The lowest BCUT2D eigenvalue weighted by molar-refractivity contribution is -0.117. The summed E-state index contributed by atoms with van der Waals surface area (Å²) in [6.07, 6.45) is 0.0386. The van der Waals surface area contributed by atoms with E-state index in [0.717, 1.165) is 18.2 Å². The molecule has 0 radical (unpaired) electrons. The third-order valence-corrected chi connectivity index (χ3v) is 11.4. The molecule has 59 heavy (non-hydrogen) atoms. The summed E-state index contributed by atoms with van der Waals surface area (Å²) in [5.41, 5.74) is 6.96. The summed E-state index contributed by atoms with van der Waals surface area (Å²) >= 11 is 0. The molecule has 0 saturated carbocycles. The van der Waals surface area contributed by atoms with Crippen LogP contribution < -0.4 is 5.73 Å². The van der Waals surface area contributed by atoms with E-state index in [1.165, 1.54) is 66.7 Å². The Morgan fingerprint density at radius 1 is 0.475 bits per heavy atom. The number of carbonyl (C=O) groups excluding carboxylic acids is 1. The van der Waals surface area contributed by atoms with E-state index in [1.807, 2.05) is 0 Å². The maximum atomic E-state index is 12.1. The fraction of sp³-hybridized carbons (Fsp3) is 0.0263. The number of phenolic OH excluding ortho intramolecular Hbond substituents is 1. The molecule has 0 fully saturated rings. The van der Waals surface area contributed by atoms with E-state index >= 15 is 0 Å². The zero-order valence-electron chi connectivity index (χ0n) is 29.8. The minimum absolute atomic E-state index is 0.0386. The van der Waals surface area contributed by atoms with Gasteiger partial charge in [0.2, 0.25) is 5.91 Å². The molecule has 1 amide bonds. The van der Waals surface area contributed by atoms with Crippen LogP contribution in [0.4, 0.5) is 34.1 Å². The first kappa shape index (κ1) is 40.3. The zero-order valence-corrected chi connectivity index (χ0v) is 32.3. The Morgan fingerprint density at radius 2 is 0.898 bits per heavy atom. The molecular formula is C38H27N7O11S3. The number of hydrogen-bond acceptors (Lipinski definition) is 14. The predicted molar refractivity (Wildman–Crippen MR) is 215 cm³/mol. The van der Waals surface area contributed by atoms with Gasteiger partial charge in [0.25, 0.3) is 30.4 Å². The smallest absolute Gasteiger partial charge is 0.294 e. The lowest BCUT2D eigenvalue weighted by atomic mass is 10.1. The molecule has 0 heterocycles. The predicted octanol–water partition coefficient (Wildman–Crippen LogP) is 8.87. The average molecular weight is 854 g/mol. The topological polar surface area (TPSA) is 301 Å². The number of nitrogens with zero attached hydrogens (tertiary/aromatic N) is 6. The number of primary amides is 1. The van der Waals surface area contributed by atoms with Crippen LogP contribution in [0.25, 0.3) is 32.3 Å². The van der Waals surface area contributed by atoms with Gasteiger partial charge in [-0.25, -0.2) is 0 Å². The first-order valence-corrected chi connectivity index (χ1v) is 21.1. The monoisotopic (exact) mass is 853 g/mol. The molecule has 298 valence electrons. The van der Waals surface area contributed by atoms with Crippen molar-refractivity contribution < 1.29 is 48.8 Å². The van der Waals surface area contributed by atoms with Crippen LogP contribution in [-0.2, 0) is 41.6 Å². The van der Waals surface area contributed by atoms with Gasteiger partial charge in [-0.05, 0) is 89.8 Å². The summed E-state index contributed by atoms with van der Waals surface area (Å²) in [4.78, 5) is 9.96. The van der Waals surface area contributed by atoms with Crippen molar-refractivity contribution in [2.75, 3.05) is 0 Å². The van der Waals surface area contributed by atoms with Gasteiger partial charge in [-0.15, -0.1) is 25.6 Å². The van der Waals surface area contributed by atoms with E-state index in [2.05, 4.69) is 30.7 Å². The highest BCUT2D eigenvalue weighted by atomic mass is 32.2. The molecule has 7 aromatic rings. The highest BCUT2D eigenvalue weighted by Crippen LogP contribution is 2.41. The molecule has 0 spiro atoms. The molecule has 0 aliphatic heterocycles. The van der Waals surface area contributed by atoms with E-state index in [4.69, 9.17) is 5.73 Å². The average Bonchev–Trinajstić information content (AvgIpc) is 3.18. The summed E-state index contributed by atoms with van der Waals surface area (Å²) in [5.74, 6) is -0.826. The van der Waals surface area contributed by atoms with Gasteiger partial charge in [-0.1, -0.05) is 36.4 Å². The van der Waals surface area contributed by atoms with Crippen molar-refractivity contribution in [3.05, 3.63) is 121 Å². The van der Waals surface area contributed by atoms with Gasteiger partial charge in [-0.2, -0.15) is 30.4 Å². The van der Waals surface area contributed by atoms with E-state index in [-0.39, 0.29) is 61.7 Å². The van der Waals surface area contributed by atoms with Gasteiger partial charge < -0.3 is 10.8 Å². The summed E-state index contributed by atoms with van der Waals surface area (Å²) in [5, 5.41) is 37.9. The van der Waals surface area contributed by atoms with Crippen molar-refractivity contribution in [2.24, 2.45) is 36.4 Å².